The van der Waals surface area contributed by atoms with Gasteiger partial charge in [0, 0.05) is 12.5 Å². The number of carbonyl (C=O) groups is 1. The molecule has 0 saturated heterocycles. The van der Waals surface area contributed by atoms with Crippen LogP contribution in [0.1, 0.15) is 44.4 Å². The minimum absolute atomic E-state index is 0.0809. The van der Waals surface area contributed by atoms with Crippen molar-refractivity contribution >= 4 is 5.91 Å². The van der Waals surface area contributed by atoms with Gasteiger partial charge in [-0.3, -0.25) is 4.79 Å². The van der Waals surface area contributed by atoms with Crippen LogP contribution in [-0.4, -0.2) is 30.6 Å². The zero-order valence-electron chi connectivity index (χ0n) is 18.1. The summed E-state index contributed by atoms with van der Waals surface area (Å²) in [5.41, 5.74) is 3.50. The van der Waals surface area contributed by atoms with E-state index in [0.29, 0.717) is 13.2 Å². The van der Waals surface area contributed by atoms with Crippen LogP contribution in [-0.2, 0) is 27.5 Å². The molecule has 0 bridgehead atoms. The highest BCUT2D eigenvalue weighted by Gasteiger charge is 2.25. The van der Waals surface area contributed by atoms with Crippen molar-refractivity contribution in [1.29, 1.82) is 0 Å². The third-order valence-electron chi connectivity index (χ3n) is 4.48. The smallest absolute Gasteiger partial charge is 0.226 e. The van der Waals surface area contributed by atoms with E-state index in [1.807, 2.05) is 69.0 Å². The number of aryl methyl sites for hydroxylation is 1. The normalized spacial score (nSPS) is 12.5. The molecular formula is C24H35NO3. The number of nitrogens with zero attached hydrogens (tertiary/aromatic N) is 1. The van der Waals surface area contributed by atoms with Gasteiger partial charge in [0.2, 0.25) is 5.91 Å². The van der Waals surface area contributed by atoms with E-state index in [1.165, 1.54) is 18.2 Å². The van der Waals surface area contributed by atoms with Crippen LogP contribution in [0, 0.1) is 12.8 Å². The lowest BCUT2D eigenvalue weighted by Crippen LogP contribution is -2.43. The van der Waals surface area contributed by atoms with E-state index >= 15 is 0 Å². The monoisotopic (exact) mass is 385 g/mol. The van der Waals surface area contributed by atoms with Crippen molar-refractivity contribution in [1.82, 2.24) is 4.90 Å². The predicted molar refractivity (Wildman–Crippen MR) is 115 cm³/mol. The quantitative estimate of drug-likeness (QED) is 0.440. The summed E-state index contributed by atoms with van der Waals surface area (Å²) in [6, 6.07) is 18.3. The molecule has 0 radical (unpaired) electrons. The Hall–Kier alpha value is -2.17. The largest absolute Gasteiger partial charge is 0.333 e. The molecule has 2 unspecified atom stereocenters. The zero-order chi connectivity index (χ0) is 20.9. The van der Waals surface area contributed by atoms with Crippen molar-refractivity contribution in [2.24, 2.45) is 5.92 Å². The Morgan fingerprint density at radius 2 is 1.64 bits per heavy atom. The standard InChI is InChI=1S/C22H29NO3.C2H6/c1-17-9-8-12-21(13-17)14-18(2)22(24)23(19(3)16-26-25-4)15-20-10-6-5-7-11-20;1-2/h5-13,18-19H,14-16H2,1-4H3;1-2H3. The van der Waals surface area contributed by atoms with E-state index in [4.69, 9.17) is 9.78 Å². The highest BCUT2D eigenvalue weighted by molar-refractivity contribution is 5.79. The molecule has 2 aromatic rings. The number of carbonyl (C=O) groups excluding carboxylic acids is 1. The van der Waals surface area contributed by atoms with Gasteiger partial charge in [-0.1, -0.05) is 80.9 Å². The van der Waals surface area contributed by atoms with Crippen LogP contribution >= 0.6 is 0 Å². The minimum Gasteiger partial charge on any atom is -0.333 e. The molecular weight excluding hydrogens is 350 g/mol. The lowest BCUT2D eigenvalue weighted by molar-refractivity contribution is -0.279. The van der Waals surface area contributed by atoms with E-state index in [9.17, 15) is 4.79 Å². The lowest BCUT2D eigenvalue weighted by Gasteiger charge is -2.31. The molecule has 0 fully saturated rings. The van der Waals surface area contributed by atoms with E-state index in [2.05, 4.69) is 25.1 Å². The molecule has 0 aliphatic heterocycles. The van der Waals surface area contributed by atoms with Crippen molar-refractivity contribution in [2.45, 2.75) is 53.6 Å². The van der Waals surface area contributed by atoms with Gasteiger partial charge in [-0.05, 0) is 31.4 Å². The Bertz CT molecular complexity index is 687. The fourth-order valence-corrected chi connectivity index (χ4v) is 3.05. The van der Waals surface area contributed by atoms with Gasteiger partial charge in [0.1, 0.15) is 6.61 Å². The average Bonchev–Trinajstić information content (AvgIpc) is 2.72. The molecule has 2 rings (SSSR count). The third kappa shape index (κ3) is 7.83. The zero-order valence-corrected chi connectivity index (χ0v) is 18.1. The molecule has 0 aliphatic rings. The van der Waals surface area contributed by atoms with Gasteiger partial charge in [0.05, 0.1) is 13.2 Å². The van der Waals surface area contributed by atoms with Crippen LogP contribution in [0.25, 0.3) is 0 Å². The van der Waals surface area contributed by atoms with Crippen LogP contribution in [0.4, 0.5) is 0 Å². The molecule has 2 atom stereocenters. The number of benzene rings is 2. The number of hydrogen-bond acceptors (Lipinski definition) is 3. The highest BCUT2D eigenvalue weighted by Crippen LogP contribution is 2.17. The average molecular weight is 386 g/mol. The van der Waals surface area contributed by atoms with E-state index in [0.717, 1.165) is 12.0 Å². The molecule has 0 saturated carbocycles. The Labute approximate surface area is 170 Å². The summed E-state index contributed by atoms with van der Waals surface area (Å²) in [5, 5.41) is 0. The van der Waals surface area contributed by atoms with Gasteiger partial charge in [-0.2, -0.15) is 0 Å². The van der Waals surface area contributed by atoms with Crippen molar-refractivity contribution in [3.8, 4) is 0 Å². The maximum absolute atomic E-state index is 13.2. The molecule has 4 heteroatoms. The summed E-state index contributed by atoms with van der Waals surface area (Å²) in [6.45, 7) is 11.0. The van der Waals surface area contributed by atoms with Crippen LogP contribution in [0.2, 0.25) is 0 Å². The van der Waals surface area contributed by atoms with Gasteiger partial charge in [-0.25, -0.2) is 9.78 Å². The van der Waals surface area contributed by atoms with Gasteiger partial charge >= 0.3 is 0 Å². The second-order valence-corrected chi connectivity index (χ2v) is 6.85. The second kappa shape index (κ2) is 13.1. The number of rotatable bonds is 9. The van der Waals surface area contributed by atoms with Crippen molar-refractivity contribution in [3.05, 3.63) is 71.3 Å². The lowest BCUT2D eigenvalue weighted by atomic mass is 9.97. The van der Waals surface area contributed by atoms with Crippen LogP contribution in [0.5, 0.6) is 0 Å². The molecule has 0 spiro atoms. The van der Waals surface area contributed by atoms with Crippen LogP contribution in [0.3, 0.4) is 0 Å². The molecule has 0 aromatic heterocycles. The van der Waals surface area contributed by atoms with Crippen molar-refractivity contribution in [3.63, 3.8) is 0 Å². The first-order valence-corrected chi connectivity index (χ1v) is 10.1. The van der Waals surface area contributed by atoms with Gasteiger partial charge in [0.25, 0.3) is 0 Å². The van der Waals surface area contributed by atoms with E-state index < -0.39 is 0 Å². The van der Waals surface area contributed by atoms with Crippen LogP contribution < -0.4 is 0 Å². The third-order valence-corrected chi connectivity index (χ3v) is 4.48. The number of hydrogen-bond donors (Lipinski definition) is 0. The summed E-state index contributed by atoms with van der Waals surface area (Å²) in [7, 11) is 1.48. The van der Waals surface area contributed by atoms with Crippen LogP contribution in [0.15, 0.2) is 54.6 Å². The van der Waals surface area contributed by atoms with E-state index in [1.54, 1.807) is 0 Å². The minimum atomic E-state index is -0.106. The highest BCUT2D eigenvalue weighted by atomic mass is 17.2. The molecule has 0 heterocycles. The Morgan fingerprint density at radius 1 is 1.00 bits per heavy atom. The molecule has 2 aromatic carbocycles. The van der Waals surface area contributed by atoms with E-state index in [-0.39, 0.29) is 17.9 Å². The SMILES string of the molecule is CC.COOCC(C)N(Cc1ccccc1)C(=O)C(C)Cc1cccc(C)c1. The second-order valence-electron chi connectivity index (χ2n) is 6.85. The molecule has 0 aliphatic carbocycles. The van der Waals surface area contributed by atoms with Gasteiger partial charge in [0.15, 0.2) is 0 Å². The molecule has 4 nitrogen and oxygen atoms in total. The fourth-order valence-electron chi connectivity index (χ4n) is 3.05. The predicted octanol–water partition coefficient (Wildman–Crippen LogP) is 5.20. The summed E-state index contributed by atoms with van der Waals surface area (Å²) in [5.74, 6) is 0.0214. The topological polar surface area (TPSA) is 38.8 Å². The molecule has 28 heavy (non-hydrogen) atoms. The maximum Gasteiger partial charge on any atom is 0.226 e. The Balaban J connectivity index is 0.00000190. The summed E-state index contributed by atoms with van der Waals surface area (Å²) < 4.78 is 0. The Kier molecular flexibility index (Phi) is 11.2. The first kappa shape index (κ1) is 23.9. The molecule has 154 valence electrons. The number of amides is 1. The molecule has 1 amide bonds. The van der Waals surface area contributed by atoms with Crippen molar-refractivity contribution in [2.75, 3.05) is 13.7 Å². The van der Waals surface area contributed by atoms with Gasteiger partial charge in [-0.15, -0.1) is 0 Å². The summed E-state index contributed by atoms with van der Waals surface area (Å²) in [6.07, 6.45) is 0.726. The summed E-state index contributed by atoms with van der Waals surface area (Å²) in [4.78, 5) is 24.9. The first-order valence-electron chi connectivity index (χ1n) is 10.1. The van der Waals surface area contributed by atoms with Gasteiger partial charge < -0.3 is 4.90 Å². The summed E-state index contributed by atoms with van der Waals surface area (Å²) >= 11 is 0. The maximum atomic E-state index is 13.2. The van der Waals surface area contributed by atoms with Crippen molar-refractivity contribution < 1.29 is 14.6 Å². The Morgan fingerprint density at radius 3 is 2.25 bits per heavy atom. The molecule has 0 N–H and O–H groups in total. The first-order chi connectivity index (χ1) is 13.5. The fraction of sp³-hybridized carbons (Fsp3) is 0.458.